The van der Waals surface area contributed by atoms with Crippen molar-refractivity contribution in [1.29, 1.82) is 0 Å². The fourth-order valence-electron chi connectivity index (χ4n) is 8.01. The van der Waals surface area contributed by atoms with E-state index < -0.39 is 0 Å². The monoisotopic (exact) mass is 602 g/mol. The molecule has 4 heteroatoms. The van der Waals surface area contributed by atoms with E-state index in [2.05, 4.69) is 55.5 Å². The van der Waals surface area contributed by atoms with Gasteiger partial charge in [0.05, 0.1) is 0 Å². The van der Waals surface area contributed by atoms with Crippen LogP contribution in [0.3, 0.4) is 0 Å². The number of nitrogens with two attached hydrogens (primary N) is 2. The zero-order chi connectivity index (χ0) is 31.1. The predicted molar refractivity (Wildman–Crippen MR) is 187 cm³/mol. The third kappa shape index (κ3) is 7.66. The molecular formula is C41H50N2O2. The highest BCUT2D eigenvalue weighted by molar-refractivity contribution is 5.47. The molecule has 45 heavy (non-hydrogen) atoms. The van der Waals surface area contributed by atoms with E-state index in [1.54, 1.807) is 0 Å². The van der Waals surface area contributed by atoms with Gasteiger partial charge in [0.1, 0.15) is 23.0 Å². The average molecular weight is 603 g/mol. The average Bonchev–Trinajstić information content (AvgIpc) is 3.08. The molecule has 0 atom stereocenters. The third-order valence-electron chi connectivity index (χ3n) is 10.7. The molecule has 4 nitrogen and oxygen atoms in total. The van der Waals surface area contributed by atoms with Crippen molar-refractivity contribution in [2.24, 2.45) is 17.8 Å². The molecule has 0 amide bonds. The van der Waals surface area contributed by atoms with Gasteiger partial charge in [0.15, 0.2) is 0 Å². The Morgan fingerprint density at radius 1 is 0.533 bits per heavy atom. The van der Waals surface area contributed by atoms with Gasteiger partial charge in [0.25, 0.3) is 0 Å². The van der Waals surface area contributed by atoms with E-state index in [1.165, 1.54) is 88.2 Å². The van der Waals surface area contributed by atoms with Gasteiger partial charge >= 0.3 is 0 Å². The first kappa shape index (κ1) is 31.1. The van der Waals surface area contributed by atoms with Crippen LogP contribution in [0.2, 0.25) is 0 Å². The van der Waals surface area contributed by atoms with Gasteiger partial charge in [-0.3, -0.25) is 0 Å². The molecule has 2 saturated carbocycles. The minimum Gasteiger partial charge on any atom is -0.457 e. The Morgan fingerprint density at radius 2 is 0.933 bits per heavy atom. The Balaban J connectivity index is 1.18. The van der Waals surface area contributed by atoms with Crippen LogP contribution in [0, 0.1) is 17.8 Å². The highest BCUT2D eigenvalue weighted by Gasteiger charge is 2.41. The van der Waals surface area contributed by atoms with Crippen LogP contribution in [-0.4, -0.2) is 0 Å². The summed E-state index contributed by atoms with van der Waals surface area (Å²) in [5.41, 5.74) is 15.9. The SMILES string of the molecule is CCCCCC1CCC(C2CCC(c3ccc(Oc4ccc(N)cc4)cc3)(c3ccc(Oc4ccc(N)cc4)cc3)CC2)CC1. The van der Waals surface area contributed by atoms with Crippen LogP contribution < -0.4 is 20.9 Å². The number of ether oxygens (including phenoxy) is 2. The topological polar surface area (TPSA) is 70.5 Å². The van der Waals surface area contributed by atoms with E-state index in [4.69, 9.17) is 20.9 Å². The summed E-state index contributed by atoms with van der Waals surface area (Å²) in [5, 5.41) is 0. The van der Waals surface area contributed by atoms with E-state index in [0.717, 1.165) is 52.1 Å². The zero-order valence-electron chi connectivity index (χ0n) is 26.9. The number of hydrogen-bond donors (Lipinski definition) is 2. The molecule has 0 spiro atoms. The summed E-state index contributed by atoms with van der Waals surface area (Å²) in [6, 6.07) is 32.8. The van der Waals surface area contributed by atoms with E-state index in [-0.39, 0.29) is 5.41 Å². The highest BCUT2D eigenvalue weighted by atomic mass is 16.5. The van der Waals surface area contributed by atoms with Crippen molar-refractivity contribution in [3.05, 3.63) is 108 Å². The lowest BCUT2D eigenvalue weighted by atomic mass is 9.60. The first-order valence-electron chi connectivity index (χ1n) is 17.3. The Labute approximate surface area is 270 Å². The lowest BCUT2D eigenvalue weighted by Crippen LogP contribution is -2.35. The smallest absolute Gasteiger partial charge is 0.127 e. The summed E-state index contributed by atoms with van der Waals surface area (Å²) in [6.07, 6.45) is 16.3. The minimum atomic E-state index is -0.0205. The molecule has 0 heterocycles. The first-order chi connectivity index (χ1) is 22.0. The van der Waals surface area contributed by atoms with Crippen LogP contribution in [0.25, 0.3) is 0 Å². The van der Waals surface area contributed by atoms with Crippen LogP contribution in [0.15, 0.2) is 97.1 Å². The summed E-state index contributed by atoms with van der Waals surface area (Å²) in [6.45, 7) is 2.31. The van der Waals surface area contributed by atoms with Crippen LogP contribution in [0.5, 0.6) is 23.0 Å². The lowest BCUT2D eigenvalue weighted by Gasteiger charge is -2.44. The Kier molecular flexibility index (Phi) is 9.98. The Bertz CT molecular complexity index is 1370. The van der Waals surface area contributed by atoms with Crippen molar-refractivity contribution >= 4 is 11.4 Å². The molecule has 0 unspecified atom stereocenters. The van der Waals surface area contributed by atoms with Gasteiger partial charge in [0.2, 0.25) is 0 Å². The molecule has 4 aromatic rings. The molecule has 0 aliphatic heterocycles. The van der Waals surface area contributed by atoms with E-state index in [9.17, 15) is 0 Å². The Hall–Kier alpha value is -3.92. The molecule has 2 aliphatic rings. The molecule has 236 valence electrons. The number of benzene rings is 4. The highest BCUT2D eigenvalue weighted by Crippen LogP contribution is 2.51. The van der Waals surface area contributed by atoms with Crippen molar-refractivity contribution in [2.45, 2.75) is 89.4 Å². The standard InChI is InChI=1S/C41H50N2O2/c1-2-3-4-5-30-6-8-31(9-7-30)32-26-28-41(29-27-32,33-10-18-37(19-11-33)44-39-22-14-35(42)15-23-39)34-12-20-38(21-13-34)45-40-24-16-36(43)17-25-40/h10-25,30-32H,2-9,26-29,42-43H2,1H3. The molecule has 0 radical (unpaired) electrons. The van der Waals surface area contributed by atoms with Crippen molar-refractivity contribution in [3.8, 4) is 23.0 Å². The summed E-state index contributed by atoms with van der Waals surface area (Å²) in [7, 11) is 0. The van der Waals surface area contributed by atoms with Crippen molar-refractivity contribution in [2.75, 3.05) is 11.5 Å². The van der Waals surface area contributed by atoms with Crippen molar-refractivity contribution < 1.29 is 9.47 Å². The van der Waals surface area contributed by atoms with Crippen LogP contribution >= 0.6 is 0 Å². The molecule has 6 rings (SSSR count). The Morgan fingerprint density at radius 3 is 1.36 bits per heavy atom. The van der Waals surface area contributed by atoms with Gasteiger partial charge in [-0.25, -0.2) is 0 Å². The van der Waals surface area contributed by atoms with Crippen molar-refractivity contribution in [3.63, 3.8) is 0 Å². The second-order valence-corrected chi connectivity index (χ2v) is 13.6. The van der Waals surface area contributed by atoms with Crippen LogP contribution in [-0.2, 0) is 5.41 Å². The number of hydrogen-bond acceptors (Lipinski definition) is 4. The van der Waals surface area contributed by atoms with E-state index in [1.807, 2.05) is 48.5 Å². The quantitative estimate of drug-likeness (QED) is 0.132. The maximum atomic E-state index is 6.15. The largest absolute Gasteiger partial charge is 0.457 e. The molecule has 0 saturated heterocycles. The molecule has 4 aromatic carbocycles. The second-order valence-electron chi connectivity index (χ2n) is 13.6. The summed E-state index contributed by atoms with van der Waals surface area (Å²) in [4.78, 5) is 0. The van der Waals surface area contributed by atoms with Gasteiger partial charge in [-0.15, -0.1) is 0 Å². The number of unbranched alkanes of at least 4 members (excludes halogenated alkanes) is 2. The van der Waals surface area contributed by atoms with Crippen LogP contribution in [0.4, 0.5) is 11.4 Å². The maximum Gasteiger partial charge on any atom is 0.127 e. The normalized spacial score (nSPS) is 20.0. The molecule has 0 aromatic heterocycles. The van der Waals surface area contributed by atoms with Gasteiger partial charge in [0, 0.05) is 16.8 Å². The summed E-state index contributed by atoms with van der Waals surface area (Å²) < 4.78 is 12.3. The second kappa shape index (κ2) is 14.5. The van der Waals surface area contributed by atoms with Crippen molar-refractivity contribution in [1.82, 2.24) is 0 Å². The molecule has 4 N–H and O–H groups in total. The maximum absolute atomic E-state index is 6.15. The van der Waals surface area contributed by atoms with Gasteiger partial charge in [-0.2, -0.15) is 0 Å². The van der Waals surface area contributed by atoms with Gasteiger partial charge in [-0.1, -0.05) is 69.7 Å². The lowest BCUT2D eigenvalue weighted by molar-refractivity contribution is 0.140. The number of rotatable bonds is 11. The third-order valence-corrected chi connectivity index (χ3v) is 10.7. The molecule has 0 bridgehead atoms. The van der Waals surface area contributed by atoms with E-state index in [0.29, 0.717) is 0 Å². The molecular weight excluding hydrogens is 552 g/mol. The zero-order valence-corrected chi connectivity index (χ0v) is 26.9. The van der Waals surface area contributed by atoms with Gasteiger partial charge < -0.3 is 20.9 Å². The molecule has 2 fully saturated rings. The fourth-order valence-corrected chi connectivity index (χ4v) is 8.01. The number of nitrogen functional groups attached to an aromatic ring is 2. The summed E-state index contributed by atoms with van der Waals surface area (Å²) >= 11 is 0. The summed E-state index contributed by atoms with van der Waals surface area (Å²) in [5.74, 6) is 5.99. The van der Waals surface area contributed by atoms with Gasteiger partial charge in [-0.05, 0) is 140 Å². The van der Waals surface area contributed by atoms with Crippen LogP contribution in [0.1, 0.15) is 95.1 Å². The minimum absolute atomic E-state index is 0.0205. The fraction of sp³-hybridized carbons (Fsp3) is 0.415. The van der Waals surface area contributed by atoms with E-state index >= 15 is 0 Å². The number of anilines is 2. The first-order valence-corrected chi connectivity index (χ1v) is 17.3. The predicted octanol–water partition coefficient (Wildman–Crippen LogP) is 11.3. The molecule has 2 aliphatic carbocycles.